The molecule has 2 aromatic rings. The van der Waals surface area contributed by atoms with E-state index in [1.54, 1.807) is 29.3 Å². The number of methoxy groups -OCH3 is 1. The predicted molar refractivity (Wildman–Crippen MR) is 156 cm³/mol. The van der Waals surface area contributed by atoms with Gasteiger partial charge in [0.15, 0.2) is 17.5 Å². The Labute approximate surface area is 234 Å². The summed E-state index contributed by atoms with van der Waals surface area (Å²) < 4.78 is 46.7. The Bertz CT molecular complexity index is 1270. The summed E-state index contributed by atoms with van der Waals surface area (Å²) >= 11 is 0. The lowest BCUT2D eigenvalue weighted by Crippen LogP contribution is -2.49. The first kappa shape index (κ1) is 32.3. The van der Waals surface area contributed by atoms with Crippen molar-refractivity contribution < 1.29 is 22.7 Å². The van der Waals surface area contributed by atoms with Crippen LogP contribution in [0.3, 0.4) is 0 Å². The number of halogens is 3. The number of anilines is 1. The van der Waals surface area contributed by atoms with E-state index in [1.165, 1.54) is 0 Å². The highest BCUT2D eigenvalue weighted by molar-refractivity contribution is 6.06. The van der Waals surface area contributed by atoms with Crippen molar-refractivity contribution in [1.82, 2.24) is 10.0 Å². The number of fused-ring (bicyclic) bond motifs is 1. The van der Waals surface area contributed by atoms with Crippen LogP contribution in [0.4, 0.5) is 18.9 Å². The molecule has 1 atom stereocenters. The van der Waals surface area contributed by atoms with E-state index in [-0.39, 0.29) is 5.56 Å². The van der Waals surface area contributed by atoms with Crippen molar-refractivity contribution >= 4 is 30.2 Å². The van der Waals surface area contributed by atoms with Crippen molar-refractivity contribution in [1.29, 1.82) is 0 Å². The Hall–Kier alpha value is -3.92. The van der Waals surface area contributed by atoms with Crippen molar-refractivity contribution in [3.63, 3.8) is 0 Å². The van der Waals surface area contributed by atoms with Crippen molar-refractivity contribution in [3.8, 4) is 5.75 Å². The van der Waals surface area contributed by atoms with Gasteiger partial charge in [-0.25, -0.2) is 18.2 Å². The molecule has 0 bridgehead atoms. The first-order valence-corrected chi connectivity index (χ1v) is 13.3. The lowest BCUT2D eigenvalue weighted by molar-refractivity contribution is -0.129. The number of rotatable bonds is 7. The molecule has 0 saturated carbocycles. The quantitative estimate of drug-likeness (QED) is 0.278. The second kappa shape index (κ2) is 15.0. The first-order valence-electron chi connectivity index (χ1n) is 13.3. The van der Waals surface area contributed by atoms with Gasteiger partial charge in [-0.05, 0) is 61.5 Å². The zero-order valence-electron chi connectivity index (χ0n) is 24.2. The standard InChI is InChI=1S/C26H26F3N5O2.2C2H6/c1-16(30-2)15-32(3)21-8-6-17(12-22(21)36-4)7-9-23-31-26(35)25(34-11-5-10-33(23)34)18-13-19(27)24(29)20(28)14-18;2*1-2/h6-9,12-15,25H,2,5,10-11H2,1,3-4H3;2*1-2H3/b9-7+,16-15-;;. The first-order chi connectivity index (χ1) is 19.2. The van der Waals surface area contributed by atoms with Crippen molar-refractivity contribution in [2.45, 2.75) is 47.1 Å². The minimum absolute atomic E-state index is 0.0236. The summed E-state index contributed by atoms with van der Waals surface area (Å²) in [7, 11) is 3.46. The molecule has 1 unspecified atom stereocenters. The monoisotopic (exact) mass is 557 g/mol. The summed E-state index contributed by atoms with van der Waals surface area (Å²) in [6, 6.07) is 6.32. The number of carbonyl (C=O) groups excluding carboxylic acids is 1. The summed E-state index contributed by atoms with van der Waals surface area (Å²) in [6.07, 6.45) is 6.07. The molecule has 2 aliphatic heterocycles. The zero-order chi connectivity index (χ0) is 30.0. The van der Waals surface area contributed by atoms with E-state index >= 15 is 0 Å². The second-order valence-corrected chi connectivity index (χ2v) is 8.45. The van der Waals surface area contributed by atoms with E-state index in [0.29, 0.717) is 24.7 Å². The molecule has 1 amide bonds. The zero-order valence-corrected chi connectivity index (χ0v) is 24.2. The Morgan fingerprint density at radius 2 is 1.75 bits per heavy atom. The Morgan fingerprint density at radius 1 is 1.10 bits per heavy atom. The number of benzene rings is 2. The van der Waals surface area contributed by atoms with Crippen LogP contribution in [0.1, 0.15) is 58.2 Å². The fourth-order valence-electron chi connectivity index (χ4n) is 4.33. The third kappa shape index (κ3) is 7.18. The summed E-state index contributed by atoms with van der Waals surface area (Å²) in [6.45, 7) is 14.4. The smallest absolute Gasteiger partial charge is 0.271 e. The van der Waals surface area contributed by atoms with Gasteiger partial charge in [-0.1, -0.05) is 39.8 Å². The molecule has 7 nitrogen and oxygen atoms in total. The molecule has 10 heteroatoms. The summed E-state index contributed by atoms with van der Waals surface area (Å²) in [5.74, 6) is -3.78. The Kier molecular flexibility index (Phi) is 12.1. The number of allylic oxidation sites excluding steroid dienone is 1. The topological polar surface area (TPSA) is 60.7 Å². The number of aliphatic imine (C=N–C) groups is 2. The number of ether oxygens (including phenoxy) is 1. The van der Waals surface area contributed by atoms with Gasteiger partial charge in [-0.15, -0.1) is 0 Å². The summed E-state index contributed by atoms with van der Waals surface area (Å²) in [4.78, 5) is 22.9. The van der Waals surface area contributed by atoms with Crippen LogP contribution in [0.2, 0.25) is 0 Å². The fraction of sp³-hybridized carbons (Fsp3) is 0.367. The van der Waals surface area contributed by atoms with Gasteiger partial charge in [-0.3, -0.25) is 14.8 Å². The van der Waals surface area contributed by atoms with E-state index in [1.807, 2.05) is 71.0 Å². The van der Waals surface area contributed by atoms with Gasteiger partial charge in [0.25, 0.3) is 5.91 Å². The molecule has 0 aliphatic carbocycles. The predicted octanol–water partition coefficient (Wildman–Crippen LogP) is 6.78. The highest BCUT2D eigenvalue weighted by Gasteiger charge is 2.40. The van der Waals surface area contributed by atoms with Crippen molar-refractivity contribution in [2.75, 3.05) is 32.1 Å². The SMILES string of the molecule is C=N/C(C)=C\N(C)c1ccc(/C=C/C2=NC(=O)C(c3cc(F)c(F)c(F)c3)N3CCCN23)cc1OC.CC.CC. The van der Waals surface area contributed by atoms with Gasteiger partial charge in [0.2, 0.25) is 0 Å². The normalized spacial score (nSPS) is 16.9. The maximum Gasteiger partial charge on any atom is 0.271 e. The molecule has 4 rings (SSSR count). The third-order valence-electron chi connectivity index (χ3n) is 6.05. The van der Waals surface area contributed by atoms with Crippen LogP contribution in [-0.2, 0) is 4.79 Å². The second-order valence-electron chi connectivity index (χ2n) is 8.45. The Balaban J connectivity index is 0.00000134. The van der Waals surface area contributed by atoms with Gasteiger partial charge in [0.05, 0.1) is 18.5 Å². The molecule has 0 N–H and O–H groups in total. The van der Waals surface area contributed by atoms with Crippen molar-refractivity contribution in [2.24, 2.45) is 9.98 Å². The molecule has 1 fully saturated rings. The van der Waals surface area contributed by atoms with Gasteiger partial charge in [0.1, 0.15) is 17.6 Å². The highest BCUT2D eigenvalue weighted by atomic mass is 19.2. The number of carbonyl (C=O) groups is 1. The summed E-state index contributed by atoms with van der Waals surface area (Å²) in [5.41, 5.74) is 2.42. The van der Waals surface area contributed by atoms with E-state index in [0.717, 1.165) is 35.5 Å². The maximum absolute atomic E-state index is 13.8. The number of hydrazine groups is 1. The van der Waals surface area contributed by atoms with Crippen LogP contribution in [0.15, 0.2) is 58.3 Å². The minimum atomic E-state index is -1.57. The van der Waals surface area contributed by atoms with E-state index in [2.05, 4.69) is 16.7 Å². The molecular formula is C30H38F3N5O2. The van der Waals surface area contributed by atoms with E-state index in [4.69, 9.17) is 4.74 Å². The van der Waals surface area contributed by atoms with Gasteiger partial charge in [-0.2, -0.15) is 4.99 Å². The largest absolute Gasteiger partial charge is 0.495 e. The fourth-order valence-corrected chi connectivity index (χ4v) is 4.33. The van der Waals surface area contributed by atoms with E-state index in [9.17, 15) is 18.0 Å². The molecule has 0 spiro atoms. The highest BCUT2D eigenvalue weighted by Crippen LogP contribution is 2.34. The van der Waals surface area contributed by atoms with Gasteiger partial charge < -0.3 is 9.64 Å². The molecule has 216 valence electrons. The Morgan fingerprint density at radius 3 is 2.35 bits per heavy atom. The molecule has 2 heterocycles. The van der Waals surface area contributed by atoms with Gasteiger partial charge in [0, 0.05) is 26.3 Å². The molecule has 2 aromatic carbocycles. The molecule has 0 aromatic heterocycles. The van der Waals surface area contributed by atoms with E-state index < -0.39 is 29.4 Å². The number of amidine groups is 1. The van der Waals surface area contributed by atoms with Crippen molar-refractivity contribution in [3.05, 3.63) is 76.9 Å². The molecule has 2 aliphatic rings. The number of amides is 1. The van der Waals surface area contributed by atoms with Crippen LogP contribution in [0, 0.1) is 17.5 Å². The molecule has 40 heavy (non-hydrogen) atoms. The minimum Gasteiger partial charge on any atom is -0.495 e. The average molecular weight is 558 g/mol. The molecular weight excluding hydrogens is 519 g/mol. The number of hydrogen-bond donors (Lipinski definition) is 0. The number of nitrogens with zero attached hydrogens (tertiary/aromatic N) is 5. The van der Waals surface area contributed by atoms with Crippen LogP contribution in [0.5, 0.6) is 5.75 Å². The van der Waals surface area contributed by atoms with Crippen LogP contribution >= 0.6 is 0 Å². The molecule has 0 radical (unpaired) electrons. The maximum atomic E-state index is 13.8. The lowest BCUT2D eigenvalue weighted by atomic mass is 10.0. The van der Waals surface area contributed by atoms with Crippen LogP contribution in [0.25, 0.3) is 6.08 Å². The van der Waals surface area contributed by atoms with Crippen LogP contribution < -0.4 is 9.64 Å². The average Bonchev–Trinajstić information content (AvgIpc) is 3.46. The number of hydrogen-bond acceptors (Lipinski definition) is 6. The van der Waals surface area contributed by atoms with Gasteiger partial charge >= 0.3 is 0 Å². The lowest BCUT2D eigenvalue weighted by Gasteiger charge is -2.38. The third-order valence-corrected chi connectivity index (χ3v) is 6.05. The van der Waals surface area contributed by atoms with Crippen LogP contribution in [-0.4, -0.2) is 55.7 Å². The summed E-state index contributed by atoms with van der Waals surface area (Å²) in [5, 5.41) is 3.51. The molecule has 1 saturated heterocycles.